The molecule has 2 aromatic carbocycles. The molecule has 0 aliphatic rings. The van der Waals surface area contributed by atoms with Gasteiger partial charge in [-0.3, -0.25) is 0 Å². The van der Waals surface area contributed by atoms with Crippen LogP contribution in [0.5, 0.6) is 0 Å². The smallest absolute Gasteiger partial charge is 0.0223 e. The highest BCUT2D eigenvalue weighted by molar-refractivity contribution is 7.98. The second-order valence-electron chi connectivity index (χ2n) is 3.96. The molecule has 0 bridgehead atoms. The highest BCUT2D eigenvalue weighted by Crippen LogP contribution is 2.33. The molecule has 0 atom stereocenters. The predicted octanol–water partition coefficient (Wildman–Crippen LogP) is 5.07. The van der Waals surface area contributed by atoms with Crippen molar-refractivity contribution >= 4 is 28.6 Å². The van der Waals surface area contributed by atoms with Crippen molar-refractivity contribution in [3.63, 3.8) is 0 Å². The number of allylic oxidation sites excluding steroid dienone is 2. The molecule has 0 spiro atoms. The van der Waals surface area contributed by atoms with E-state index in [2.05, 4.69) is 56.2 Å². The average molecular weight is 240 g/mol. The lowest BCUT2D eigenvalue weighted by Crippen LogP contribution is -1.88. The van der Waals surface area contributed by atoms with Crippen LogP contribution >= 0.6 is 11.8 Å². The third kappa shape index (κ3) is 2.29. The van der Waals surface area contributed by atoms with Crippen LogP contribution in [0.15, 0.2) is 54.0 Å². The number of rotatable bonds is 3. The SMILES string of the molecule is C=C/C=C\c1c(C)cc2ccccc2c1SC. The van der Waals surface area contributed by atoms with Gasteiger partial charge in [-0.1, -0.05) is 55.1 Å². The topological polar surface area (TPSA) is 0 Å². The van der Waals surface area contributed by atoms with Gasteiger partial charge in [-0.25, -0.2) is 0 Å². The predicted molar refractivity (Wildman–Crippen MR) is 79.7 cm³/mol. The number of aryl methyl sites for hydroxylation is 1. The van der Waals surface area contributed by atoms with Crippen LogP contribution in [0.3, 0.4) is 0 Å². The maximum absolute atomic E-state index is 3.73. The number of hydrogen-bond donors (Lipinski definition) is 0. The van der Waals surface area contributed by atoms with Crippen LogP contribution in [0, 0.1) is 6.92 Å². The van der Waals surface area contributed by atoms with Crippen LogP contribution in [0.25, 0.3) is 16.8 Å². The molecule has 2 rings (SSSR count). The van der Waals surface area contributed by atoms with Gasteiger partial charge in [-0.15, -0.1) is 11.8 Å². The van der Waals surface area contributed by atoms with Crippen LogP contribution in [-0.4, -0.2) is 6.26 Å². The summed E-state index contributed by atoms with van der Waals surface area (Å²) in [5.74, 6) is 0. The van der Waals surface area contributed by atoms with Crippen LogP contribution in [0.4, 0.5) is 0 Å². The molecule has 0 N–H and O–H groups in total. The van der Waals surface area contributed by atoms with Gasteiger partial charge in [-0.05, 0) is 35.1 Å². The van der Waals surface area contributed by atoms with Crippen molar-refractivity contribution in [3.8, 4) is 0 Å². The standard InChI is InChI=1S/C16H16S/c1-4-5-9-14-12(2)11-13-8-6-7-10-15(13)16(14)17-3/h4-11H,1H2,2-3H3/b9-5-. The van der Waals surface area contributed by atoms with Gasteiger partial charge in [0.25, 0.3) is 0 Å². The van der Waals surface area contributed by atoms with Gasteiger partial charge in [0, 0.05) is 4.90 Å². The van der Waals surface area contributed by atoms with E-state index in [0.717, 1.165) is 0 Å². The van der Waals surface area contributed by atoms with Crippen molar-refractivity contribution in [2.24, 2.45) is 0 Å². The van der Waals surface area contributed by atoms with Crippen molar-refractivity contribution < 1.29 is 0 Å². The Bertz CT molecular complexity index is 579. The third-order valence-electron chi connectivity index (χ3n) is 2.85. The lowest BCUT2D eigenvalue weighted by molar-refractivity contribution is 1.38. The van der Waals surface area contributed by atoms with E-state index in [1.165, 1.54) is 26.8 Å². The first kappa shape index (κ1) is 12.0. The highest BCUT2D eigenvalue weighted by atomic mass is 32.2. The first-order chi connectivity index (χ1) is 8.27. The van der Waals surface area contributed by atoms with Crippen molar-refractivity contribution in [2.45, 2.75) is 11.8 Å². The fourth-order valence-electron chi connectivity index (χ4n) is 2.06. The molecular formula is C16H16S. The van der Waals surface area contributed by atoms with E-state index in [1.807, 2.05) is 12.2 Å². The maximum atomic E-state index is 3.73. The Morgan fingerprint density at radius 3 is 2.71 bits per heavy atom. The van der Waals surface area contributed by atoms with Gasteiger partial charge < -0.3 is 0 Å². The van der Waals surface area contributed by atoms with Crippen LogP contribution in [0.2, 0.25) is 0 Å². The number of hydrogen-bond acceptors (Lipinski definition) is 1. The molecule has 1 heteroatoms. The Hall–Kier alpha value is -1.47. The Balaban J connectivity index is 2.78. The van der Waals surface area contributed by atoms with E-state index in [0.29, 0.717) is 0 Å². The lowest BCUT2D eigenvalue weighted by atomic mass is 10.0. The quantitative estimate of drug-likeness (QED) is 0.533. The molecule has 0 nitrogen and oxygen atoms in total. The summed E-state index contributed by atoms with van der Waals surface area (Å²) in [6.07, 6.45) is 8.09. The van der Waals surface area contributed by atoms with Gasteiger partial charge in [0.1, 0.15) is 0 Å². The normalized spacial score (nSPS) is 11.2. The summed E-state index contributed by atoms with van der Waals surface area (Å²) in [6.45, 7) is 5.89. The van der Waals surface area contributed by atoms with Crippen molar-refractivity contribution in [2.75, 3.05) is 6.26 Å². The summed E-state index contributed by atoms with van der Waals surface area (Å²) in [4.78, 5) is 1.35. The van der Waals surface area contributed by atoms with Gasteiger partial charge in [-0.2, -0.15) is 0 Å². The number of benzene rings is 2. The molecule has 0 aliphatic carbocycles. The Morgan fingerprint density at radius 1 is 1.24 bits per heavy atom. The van der Waals surface area contributed by atoms with Gasteiger partial charge >= 0.3 is 0 Å². The summed E-state index contributed by atoms with van der Waals surface area (Å²) >= 11 is 1.80. The summed E-state index contributed by atoms with van der Waals surface area (Å²) in [5, 5.41) is 2.64. The van der Waals surface area contributed by atoms with Crippen LogP contribution in [-0.2, 0) is 0 Å². The maximum Gasteiger partial charge on any atom is 0.0223 e. The molecule has 0 unspecified atom stereocenters. The molecule has 0 radical (unpaired) electrons. The fourth-order valence-corrected chi connectivity index (χ4v) is 2.91. The third-order valence-corrected chi connectivity index (χ3v) is 3.70. The molecule has 0 saturated carbocycles. The van der Waals surface area contributed by atoms with Crippen LogP contribution < -0.4 is 0 Å². The molecule has 0 aromatic heterocycles. The summed E-state index contributed by atoms with van der Waals surface area (Å²) in [7, 11) is 0. The van der Waals surface area contributed by atoms with Crippen LogP contribution in [0.1, 0.15) is 11.1 Å². The molecule has 0 fully saturated rings. The zero-order chi connectivity index (χ0) is 12.3. The Kier molecular flexibility index (Phi) is 3.70. The molecule has 0 aliphatic heterocycles. The van der Waals surface area contributed by atoms with Crippen molar-refractivity contribution in [1.29, 1.82) is 0 Å². The molecule has 86 valence electrons. The zero-order valence-electron chi connectivity index (χ0n) is 10.2. The highest BCUT2D eigenvalue weighted by Gasteiger charge is 2.07. The fraction of sp³-hybridized carbons (Fsp3) is 0.125. The minimum atomic E-state index is 1.30. The Labute approximate surface area is 107 Å². The van der Waals surface area contributed by atoms with E-state index < -0.39 is 0 Å². The van der Waals surface area contributed by atoms with E-state index in [-0.39, 0.29) is 0 Å². The summed E-state index contributed by atoms with van der Waals surface area (Å²) in [6, 6.07) is 10.8. The first-order valence-corrected chi connectivity index (χ1v) is 6.86. The second-order valence-corrected chi connectivity index (χ2v) is 4.77. The second kappa shape index (κ2) is 5.24. The Morgan fingerprint density at radius 2 is 2.00 bits per heavy atom. The van der Waals surface area contributed by atoms with E-state index in [4.69, 9.17) is 0 Å². The summed E-state index contributed by atoms with van der Waals surface area (Å²) < 4.78 is 0. The minimum Gasteiger partial charge on any atom is -0.128 e. The summed E-state index contributed by atoms with van der Waals surface area (Å²) in [5.41, 5.74) is 2.61. The van der Waals surface area contributed by atoms with Crippen molar-refractivity contribution in [1.82, 2.24) is 0 Å². The molecule has 0 saturated heterocycles. The zero-order valence-corrected chi connectivity index (χ0v) is 11.1. The number of fused-ring (bicyclic) bond motifs is 1. The number of thioether (sulfide) groups is 1. The molecule has 17 heavy (non-hydrogen) atoms. The first-order valence-electron chi connectivity index (χ1n) is 5.63. The molecular weight excluding hydrogens is 224 g/mol. The lowest BCUT2D eigenvalue weighted by Gasteiger charge is -2.11. The minimum absolute atomic E-state index is 1.30. The molecule has 0 heterocycles. The monoisotopic (exact) mass is 240 g/mol. The van der Waals surface area contributed by atoms with Gasteiger partial charge in [0.2, 0.25) is 0 Å². The van der Waals surface area contributed by atoms with Gasteiger partial charge in [0.15, 0.2) is 0 Å². The van der Waals surface area contributed by atoms with E-state index >= 15 is 0 Å². The van der Waals surface area contributed by atoms with E-state index in [9.17, 15) is 0 Å². The van der Waals surface area contributed by atoms with E-state index in [1.54, 1.807) is 11.8 Å². The largest absolute Gasteiger partial charge is 0.128 e. The van der Waals surface area contributed by atoms with Gasteiger partial charge in [0.05, 0.1) is 0 Å². The molecule has 2 aromatic rings. The average Bonchev–Trinajstić information content (AvgIpc) is 2.35. The van der Waals surface area contributed by atoms with Crippen molar-refractivity contribution in [3.05, 3.63) is 60.2 Å². The molecule has 0 amide bonds.